The summed E-state index contributed by atoms with van der Waals surface area (Å²) in [6.45, 7) is 3.53. The van der Waals surface area contributed by atoms with Gasteiger partial charge in [0.25, 0.3) is 0 Å². The number of ether oxygens (including phenoxy) is 1. The number of carbonyl (C=O) groups is 1. The Morgan fingerprint density at radius 2 is 2.15 bits per heavy atom. The lowest BCUT2D eigenvalue weighted by Crippen LogP contribution is -2.40. The summed E-state index contributed by atoms with van der Waals surface area (Å²) in [6, 6.07) is 0.0702. The molecule has 4 heteroatoms. The van der Waals surface area contributed by atoms with Crippen LogP contribution in [0.4, 0.5) is 4.79 Å². The van der Waals surface area contributed by atoms with Crippen molar-refractivity contribution in [2.24, 2.45) is 0 Å². The predicted octanol–water partition coefficient (Wildman–Crippen LogP) is 0.779. The maximum Gasteiger partial charge on any atom is 0.319 e. The van der Waals surface area contributed by atoms with Crippen LogP contribution in [0, 0.1) is 0 Å². The van der Waals surface area contributed by atoms with Gasteiger partial charge in [0.1, 0.15) is 0 Å². The SMILES string of the molecule is COC1(C)CCN(C(=O)N(C)C)C1. The Balaban J connectivity index is 2.55. The van der Waals surface area contributed by atoms with Crippen LogP contribution in [0.15, 0.2) is 0 Å². The Labute approximate surface area is 79.4 Å². The second kappa shape index (κ2) is 3.54. The fourth-order valence-corrected chi connectivity index (χ4v) is 1.55. The van der Waals surface area contributed by atoms with Gasteiger partial charge in [-0.05, 0) is 13.3 Å². The van der Waals surface area contributed by atoms with Crippen molar-refractivity contribution < 1.29 is 9.53 Å². The first kappa shape index (κ1) is 10.3. The average molecular weight is 186 g/mol. The van der Waals surface area contributed by atoms with Crippen molar-refractivity contribution in [2.75, 3.05) is 34.3 Å². The first-order valence-corrected chi connectivity index (χ1v) is 4.50. The van der Waals surface area contributed by atoms with Crippen LogP contribution in [-0.2, 0) is 4.74 Å². The second-order valence-corrected chi connectivity index (χ2v) is 4.00. The number of methoxy groups -OCH3 is 1. The molecule has 0 N–H and O–H groups in total. The lowest BCUT2D eigenvalue weighted by atomic mass is 10.1. The van der Waals surface area contributed by atoms with Crippen LogP contribution in [0.25, 0.3) is 0 Å². The van der Waals surface area contributed by atoms with E-state index in [0.717, 1.165) is 13.0 Å². The van der Waals surface area contributed by atoms with Gasteiger partial charge in [0.05, 0.1) is 12.1 Å². The third-order valence-electron chi connectivity index (χ3n) is 2.58. The highest BCUT2D eigenvalue weighted by molar-refractivity contribution is 5.74. The smallest absolute Gasteiger partial charge is 0.319 e. The van der Waals surface area contributed by atoms with E-state index >= 15 is 0 Å². The van der Waals surface area contributed by atoms with Gasteiger partial charge in [-0.1, -0.05) is 0 Å². The molecule has 76 valence electrons. The van der Waals surface area contributed by atoms with E-state index < -0.39 is 0 Å². The Kier molecular flexibility index (Phi) is 2.81. The Hall–Kier alpha value is -0.770. The molecule has 1 aliphatic rings. The summed E-state index contributed by atoms with van der Waals surface area (Å²) in [4.78, 5) is 15.0. The first-order valence-electron chi connectivity index (χ1n) is 4.50. The predicted molar refractivity (Wildman–Crippen MR) is 50.7 cm³/mol. The van der Waals surface area contributed by atoms with Crippen molar-refractivity contribution in [1.82, 2.24) is 9.80 Å². The number of hydrogen-bond donors (Lipinski definition) is 0. The first-order chi connectivity index (χ1) is 5.98. The monoisotopic (exact) mass is 186 g/mol. The van der Waals surface area contributed by atoms with E-state index in [1.807, 2.05) is 11.8 Å². The molecule has 2 amide bonds. The normalized spacial score (nSPS) is 27.8. The Bertz CT molecular complexity index is 206. The molecule has 1 unspecified atom stereocenters. The van der Waals surface area contributed by atoms with E-state index in [0.29, 0.717) is 6.54 Å². The molecule has 0 spiro atoms. The van der Waals surface area contributed by atoms with Gasteiger partial charge < -0.3 is 14.5 Å². The fraction of sp³-hybridized carbons (Fsp3) is 0.889. The summed E-state index contributed by atoms with van der Waals surface area (Å²) in [5.41, 5.74) is -0.147. The maximum absolute atomic E-state index is 11.5. The third-order valence-corrected chi connectivity index (χ3v) is 2.58. The zero-order valence-electron chi connectivity index (χ0n) is 8.83. The number of likely N-dealkylation sites (tertiary alicyclic amines) is 1. The van der Waals surface area contributed by atoms with Gasteiger partial charge in [-0.3, -0.25) is 0 Å². The lowest BCUT2D eigenvalue weighted by Gasteiger charge is -2.24. The minimum atomic E-state index is -0.147. The van der Waals surface area contributed by atoms with Crippen molar-refractivity contribution in [1.29, 1.82) is 0 Å². The summed E-state index contributed by atoms with van der Waals surface area (Å²) < 4.78 is 5.35. The summed E-state index contributed by atoms with van der Waals surface area (Å²) in [6.07, 6.45) is 0.920. The molecule has 0 aromatic carbocycles. The zero-order chi connectivity index (χ0) is 10.1. The highest BCUT2D eigenvalue weighted by Crippen LogP contribution is 2.24. The van der Waals surface area contributed by atoms with E-state index in [9.17, 15) is 4.79 Å². The molecule has 13 heavy (non-hydrogen) atoms. The minimum Gasteiger partial charge on any atom is -0.377 e. The summed E-state index contributed by atoms with van der Waals surface area (Å²) in [5, 5.41) is 0. The molecule has 4 nitrogen and oxygen atoms in total. The number of rotatable bonds is 1. The van der Waals surface area contributed by atoms with Gasteiger partial charge in [-0.15, -0.1) is 0 Å². The number of urea groups is 1. The molecule has 0 saturated carbocycles. The van der Waals surface area contributed by atoms with Gasteiger partial charge >= 0.3 is 6.03 Å². The molecule has 1 rings (SSSR count). The molecule has 1 saturated heterocycles. The molecule has 0 aromatic rings. The van der Waals surface area contributed by atoms with E-state index in [-0.39, 0.29) is 11.6 Å². The van der Waals surface area contributed by atoms with Crippen molar-refractivity contribution in [3.8, 4) is 0 Å². The van der Waals surface area contributed by atoms with E-state index in [2.05, 4.69) is 0 Å². The Morgan fingerprint density at radius 1 is 1.54 bits per heavy atom. The average Bonchev–Trinajstić information content (AvgIpc) is 2.47. The van der Waals surface area contributed by atoms with Crippen LogP contribution in [0.5, 0.6) is 0 Å². The molecule has 0 radical (unpaired) electrons. The summed E-state index contributed by atoms with van der Waals surface area (Å²) in [7, 11) is 5.24. The van der Waals surface area contributed by atoms with Crippen LogP contribution in [0.3, 0.4) is 0 Å². The van der Waals surface area contributed by atoms with Gasteiger partial charge in [-0.2, -0.15) is 0 Å². The zero-order valence-corrected chi connectivity index (χ0v) is 8.83. The topological polar surface area (TPSA) is 32.8 Å². The third kappa shape index (κ3) is 2.12. The standard InChI is InChI=1S/C9H18N2O2/c1-9(13-4)5-6-11(7-9)8(12)10(2)3/h5-7H2,1-4H3. The van der Waals surface area contributed by atoms with Gasteiger partial charge in [0, 0.05) is 27.7 Å². The highest BCUT2D eigenvalue weighted by Gasteiger charge is 2.36. The largest absolute Gasteiger partial charge is 0.377 e. The molecular weight excluding hydrogens is 168 g/mol. The minimum absolute atomic E-state index is 0.0702. The molecule has 0 bridgehead atoms. The molecule has 0 aliphatic carbocycles. The van der Waals surface area contributed by atoms with Gasteiger partial charge in [-0.25, -0.2) is 4.79 Å². The summed E-state index contributed by atoms with van der Waals surface area (Å²) in [5.74, 6) is 0. The second-order valence-electron chi connectivity index (χ2n) is 4.00. The van der Waals surface area contributed by atoms with Crippen LogP contribution in [-0.4, -0.2) is 55.7 Å². The number of hydrogen-bond acceptors (Lipinski definition) is 2. The van der Waals surface area contributed by atoms with Crippen molar-refractivity contribution in [3.63, 3.8) is 0 Å². The Morgan fingerprint density at radius 3 is 2.54 bits per heavy atom. The van der Waals surface area contributed by atoms with Crippen molar-refractivity contribution in [2.45, 2.75) is 18.9 Å². The summed E-state index contributed by atoms with van der Waals surface area (Å²) >= 11 is 0. The van der Waals surface area contributed by atoms with E-state index in [1.54, 1.807) is 26.1 Å². The molecular formula is C9H18N2O2. The van der Waals surface area contributed by atoms with Gasteiger partial charge in [0.2, 0.25) is 0 Å². The van der Waals surface area contributed by atoms with E-state index in [4.69, 9.17) is 4.74 Å². The molecule has 1 atom stereocenters. The molecule has 0 aromatic heterocycles. The van der Waals surface area contributed by atoms with Gasteiger partial charge in [0.15, 0.2) is 0 Å². The number of nitrogens with zero attached hydrogens (tertiary/aromatic N) is 2. The number of carbonyl (C=O) groups excluding carboxylic acids is 1. The van der Waals surface area contributed by atoms with Crippen molar-refractivity contribution >= 4 is 6.03 Å². The molecule has 1 fully saturated rings. The van der Waals surface area contributed by atoms with E-state index in [1.165, 1.54) is 0 Å². The molecule has 1 aliphatic heterocycles. The highest BCUT2D eigenvalue weighted by atomic mass is 16.5. The van der Waals surface area contributed by atoms with Crippen LogP contribution in [0.2, 0.25) is 0 Å². The number of amides is 2. The quantitative estimate of drug-likeness (QED) is 0.606. The van der Waals surface area contributed by atoms with Crippen LogP contribution >= 0.6 is 0 Å². The lowest BCUT2D eigenvalue weighted by molar-refractivity contribution is 0.0167. The fourth-order valence-electron chi connectivity index (χ4n) is 1.55. The van der Waals surface area contributed by atoms with Crippen LogP contribution < -0.4 is 0 Å². The van der Waals surface area contributed by atoms with Crippen LogP contribution in [0.1, 0.15) is 13.3 Å². The van der Waals surface area contributed by atoms with Crippen molar-refractivity contribution in [3.05, 3.63) is 0 Å². The molecule has 1 heterocycles. The maximum atomic E-state index is 11.5.